The van der Waals surface area contributed by atoms with Crippen LogP contribution in [0, 0.1) is 0 Å². The molecule has 0 saturated carbocycles. The molecule has 0 aliphatic carbocycles. The molecule has 3 nitrogen and oxygen atoms in total. The SMILES string of the molecule is C=C/C=C(\SC)C(O)(C(=O)OC)c1cccs1. The van der Waals surface area contributed by atoms with E-state index in [4.69, 9.17) is 4.74 Å². The fourth-order valence-electron chi connectivity index (χ4n) is 1.40. The molecule has 1 N–H and O–H groups in total. The van der Waals surface area contributed by atoms with Crippen molar-refractivity contribution < 1.29 is 14.6 Å². The third-order valence-corrected chi connectivity index (χ3v) is 4.05. The number of esters is 1. The van der Waals surface area contributed by atoms with Crippen LogP contribution in [0.4, 0.5) is 0 Å². The van der Waals surface area contributed by atoms with Crippen LogP contribution in [0.15, 0.2) is 41.1 Å². The maximum Gasteiger partial charge on any atom is 0.348 e. The maximum atomic E-state index is 11.9. The molecule has 17 heavy (non-hydrogen) atoms. The quantitative estimate of drug-likeness (QED) is 0.660. The van der Waals surface area contributed by atoms with Crippen molar-refractivity contribution >= 4 is 29.1 Å². The van der Waals surface area contributed by atoms with Gasteiger partial charge in [-0.15, -0.1) is 23.1 Å². The van der Waals surface area contributed by atoms with E-state index < -0.39 is 11.6 Å². The summed E-state index contributed by atoms with van der Waals surface area (Å²) in [4.78, 5) is 12.9. The second-order valence-corrected chi connectivity index (χ2v) is 4.95. The first-order valence-electron chi connectivity index (χ1n) is 4.83. The van der Waals surface area contributed by atoms with Crippen molar-refractivity contribution in [3.8, 4) is 0 Å². The van der Waals surface area contributed by atoms with E-state index in [2.05, 4.69) is 6.58 Å². The van der Waals surface area contributed by atoms with E-state index in [1.807, 2.05) is 0 Å². The summed E-state index contributed by atoms with van der Waals surface area (Å²) < 4.78 is 4.70. The van der Waals surface area contributed by atoms with Gasteiger partial charge in [-0.25, -0.2) is 4.79 Å². The minimum atomic E-state index is -1.74. The minimum absolute atomic E-state index is 0.488. The number of ether oxygens (including phenoxy) is 1. The summed E-state index contributed by atoms with van der Waals surface area (Å²) in [6.45, 7) is 3.58. The molecule has 0 radical (unpaired) electrons. The fraction of sp³-hybridized carbons (Fsp3) is 0.250. The number of allylic oxidation sites excluding steroid dienone is 2. The molecular formula is C12H14O3S2. The van der Waals surface area contributed by atoms with E-state index in [1.54, 1.807) is 29.8 Å². The number of rotatable bonds is 5. The Balaban J connectivity index is 3.33. The van der Waals surface area contributed by atoms with Gasteiger partial charge in [-0.3, -0.25) is 0 Å². The van der Waals surface area contributed by atoms with E-state index in [-0.39, 0.29) is 0 Å². The van der Waals surface area contributed by atoms with Crippen LogP contribution in [0.3, 0.4) is 0 Å². The molecule has 0 bridgehead atoms. The molecule has 1 aromatic heterocycles. The zero-order valence-electron chi connectivity index (χ0n) is 9.67. The summed E-state index contributed by atoms with van der Waals surface area (Å²) in [5.41, 5.74) is -1.74. The Morgan fingerprint density at radius 2 is 2.41 bits per heavy atom. The smallest absolute Gasteiger partial charge is 0.348 e. The van der Waals surface area contributed by atoms with Gasteiger partial charge >= 0.3 is 5.97 Å². The molecule has 0 aliphatic heterocycles. The van der Waals surface area contributed by atoms with Gasteiger partial charge in [0.25, 0.3) is 0 Å². The van der Waals surface area contributed by atoms with Crippen molar-refractivity contribution in [3.63, 3.8) is 0 Å². The number of hydrogen-bond acceptors (Lipinski definition) is 5. The standard InChI is InChI=1S/C12H14O3S2/c1-4-6-9(16-3)12(14,11(13)15-2)10-7-5-8-17-10/h4-8,14H,1H2,2-3H3/b9-6-. The lowest BCUT2D eigenvalue weighted by Gasteiger charge is -2.25. The highest BCUT2D eigenvalue weighted by atomic mass is 32.2. The third-order valence-electron chi connectivity index (χ3n) is 2.20. The monoisotopic (exact) mass is 270 g/mol. The highest BCUT2D eigenvalue weighted by Crippen LogP contribution is 2.38. The molecule has 1 unspecified atom stereocenters. The van der Waals surface area contributed by atoms with Crippen molar-refractivity contribution in [1.82, 2.24) is 0 Å². The summed E-state index contributed by atoms with van der Waals surface area (Å²) in [5, 5.41) is 12.4. The van der Waals surface area contributed by atoms with Gasteiger partial charge in [0.15, 0.2) is 0 Å². The Bertz CT molecular complexity index is 423. The average Bonchev–Trinajstić information content (AvgIpc) is 2.88. The predicted molar refractivity (Wildman–Crippen MR) is 72.0 cm³/mol. The van der Waals surface area contributed by atoms with E-state index in [9.17, 15) is 9.90 Å². The zero-order chi connectivity index (χ0) is 12.9. The van der Waals surface area contributed by atoms with Crippen molar-refractivity contribution in [2.45, 2.75) is 5.60 Å². The Morgan fingerprint density at radius 1 is 1.71 bits per heavy atom. The molecule has 92 valence electrons. The van der Waals surface area contributed by atoms with Gasteiger partial charge in [0.2, 0.25) is 5.60 Å². The van der Waals surface area contributed by atoms with Crippen molar-refractivity contribution in [2.75, 3.05) is 13.4 Å². The Hall–Kier alpha value is -1.04. The van der Waals surface area contributed by atoms with Crippen LogP contribution >= 0.6 is 23.1 Å². The number of carbonyl (C=O) groups excluding carboxylic acids is 1. The molecule has 0 saturated heterocycles. The van der Waals surface area contributed by atoms with E-state index in [0.29, 0.717) is 9.78 Å². The Kier molecular flexibility index (Phi) is 4.99. The van der Waals surface area contributed by atoms with E-state index >= 15 is 0 Å². The largest absolute Gasteiger partial charge is 0.466 e. The molecule has 1 aromatic rings. The Morgan fingerprint density at radius 3 is 2.82 bits per heavy atom. The molecule has 0 aliphatic rings. The van der Waals surface area contributed by atoms with E-state index in [1.165, 1.54) is 36.3 Å². The van der Waals surface area contributed by atoms with Gasteiger partial charge in [-0.1, -0.05) is 18.7 Å². The summed E-state index contributed by atoms with van der Waals surface area (Å²) >= 11 is 2.59. The molecular weight excluding hydrogens is 256 g/mol. The first-order chi connectivity index (χ1) is 8.11. The predicted octanol–water partition coefficient (Wildman–Crippen LogP) is 2.54. The summed E-state index contributed by atoms with van der Waals surface area (Å²) in [6, 6.07) is 3.48. The number of methoxy groups -OCH3 is 1. The maximum absolute atomic E-state index is 11.9. The number of aliphatic hydroxyl groups is 1. The summed E-state index contributed by atoms with van der Waals surface area (Å²) in [7, 11) is 1.26. The minimum Gasteiger partial charge on any atom is -0.466 e. The van der Waals surface area contributed by atoms with Crippen molar-refractivity contribution in [2.24, 2.45) is 0 Å². The second-order valence-electron chi connectivity index (χ2n) is 3.15. The van der Waals surface area contributed by atoms with Crippen molar-refractivity contribution in [3.05, 3.63) is 46.0 Å². The van der Waals surface area contributed by atoms with Crippen LogP contribution in [0.2, 0.25) is 0 Å². The number of hydrogen-bond donors (Lipinski definition) is 1. The molecule has 1 atom stereocenters. The van der Waals surface area contributed by atoms with Crippen LogP contribution in [0.5, 0.6) is 0 Å². The van der Waals surface area contributed by atoms with Gasteiger partial charge in [-0.05, 0) is 23.8 Å². The molecule has 0 amide bonds. The topological polar surface area (TPSA) is 46.5 Å². The van der Waals surface area contributed by atoms with Gasteiger partial charge in [0.05, 0.1) is 12.0 Å². The van der Waals surface area contributed by atoms with Crippen molar-refractivity contribution in [1.29, 1.82) is 0 Å². The average molecular weight is 270 g/mol. The summed E-state index contributed by atoms with van der Waals surface area (Å²) in [6.07, 6.45) is 4.94. The Labute approximate surface area is 109 Å². The van der Waals surface area contributed by atoms with Crippen LogP contribution in [-0.2, 0) is 15.1 Å². The van der Waals surface area contributed by atoms with Crippen LogP contribution in [-0.4, -0.2) is 24.4 Å². The van der Waals surface area contributed by atoms with Crippen LogP contribution in [0.1, 0.15) is 4.88 Å². The molecule has 0 aromatic carbocycles. The molecule has 1 heterocycles. The lowest BCUT2D eigenvalue weighted by atomic mass is 10.0. The number of thiophene rings is 1. The number of carbonyl (C=O) groups is 1. The lowest BCUT2D eigenvalue weighted by molar-refractivity contribution is -0.158. The highest BCUT2D eigenvalue weighted by Gasteiger charge is 2.43. The molecule has 1 rings (SSSR count). The molecule has 0 fully saturated rings. The zero-order valence-corrected chi connectivity index (χ0v) is 11.3. The second kappa shape index (κ2) is 6.05. The van der Waals surface area contributed by atoms with Gasteiger partial charge in [0.1, 0.15) is 0 Å². The van der Waals surface area contributed by atoms with Gasteiger partial charge < -0.3 is 9.84 Å². The normalized spacial score (nSPS) is 15.1. The lowest BCUT2D eigenvalue weighted by Crippen LogP contribution is -2.37. The van der Waals surface area contributed by atoms with E-state index in [0.717, 1.165) is 0 Å². The van der Waals surface area contributed by atoms with Crippen LogP contribution in [0.25, 0.3) is 0 Å². The first kappa shape index (κ1) is 14.0. The molecule has 0 spiro atoms. The number of thioether (sulfide) groups is 1. The van der Waals surface area contributed by atoms with Gasteiger partial charge in [0, 0.05) is 4.91 Å². The first-order valence-corrected chi connectivity index (χ1v) is 6.93. The molecule has 5 heteroatoms. The fourth-order valence-corrected chi connectivity index (χ4v) is 3.01. The van der Waals surface area contributed by atoms with Crippen LogP contribution < -0.4 is 0 Å². The van der Waals surface area contributed by atoms with Gasteiger partial charge in [-0.2, -0.15) is 0 Å². The third kappa shape index (κ3) is 2.62. The highest BCUT2D eigenvalue weighted by molar-refractivity contribution is 8.02. The summed E-state index contributed by atoms with van der Waals surface area (Å²) in [5.74, 6) is -0.692.